The summed E-state index contributed by atoms with van der Waals surface area (Å²) in [6.45, 7) is 4.43. The summed E-state index contributed by atoms with van der Waals surface area (Å²) < 4.78 is 5.49. The predicted molar refractivity (Wildman–Crippen MR) is 105 cm³/mol. The molecule has 8 nitrogen and oxygen atoms in total. The van der Waals surface area contributed by atoms with Crippen LogP contribution in [0.2, 0.25) is 0 Å². The molecule has 1 heterocycles. The second kappa shape index (κ2) is 9.38. The molecule has 160 valence electrons. The Morgan fingerprint density at radius 3 is 2.21 bits per heavy atom. The number of halogens is 1. The van der Waals surface area contributed by atoms with Crippen molar-refractivity contribution < 1.29 is 40.5 Å². The summed E-state index contributed by atoms with van der Waals surface area (Å²) in [5.41, 5.74) is -0.0290. The minimum atomic E-state index is -2.57. The number of benzene rings is 1. The Kier molecular flexibility index (Phi) is 7.61. The molecule has 0 bridgehead atoms. The summed E-state index contributed by atoms with van der Waals surface area (Å²) in [5.74, 6) is -2.64. The topological polar surface area (TPSA) is 151 Å². The number of aliphatic hydroxyl groups excluding tert-OH is 4. The summed E-state index contributed by atoms with van der Waals surface area (Å²) in [5, 5.41) is 70.5. The number of allylic oxidation sites excluding steroid dienone is 1. The van der Waals surface area contributed by atoms with Gasteiger partial charge in [-0.05, 0) is 42.8 Å². The monoisotopic (exact) mass is 428 g/mol. The van der Waals surface area contributed by atoms with Crippen LogP contribution in [0.15, 0.2) is 59.2 Å². The number of aromatic hydroxyl groups is 1. The molecule has 0 aliphatic carbocycles. The lowest BCUT2D eigenvalue weighted by Crippen LogP contribution is -2.58. The molecule has 0 amide bonds. The van der Waals surface area contributed by atoms with Crippen molar-refractivity contribution in [2.75, 3.05) is 6.61 Å². The molecule has 5 unspecified atom stereocenters. The number of phenols is 1. The van der Waals surface area contributed by atoms with Crippen molar-refractivity contribution in [3.63, 3.8) is 0 Å². The fourth-order valence-electron chi connectivity index (χ4n) is 3.09. The highest BCUT2D eigenvalue weighted by Crippen LogP contribution is 2.35. The van der Waals surface area contributed by atoms with Crippen LogP contribution in [0.5, 0.6) is 5.75 Å². The Bertz CT molecular complexity index is 780. The van der Waals surface area contributed by atoms with Crippen molar-refractivity contribution in [3.05, 3.63) is 64.7 Å². The average Bonchev–Trinajstić information content (AvgIpc) is 2.67. The third-order valence-electron chi connectivity index (χ3n) is 4.78. The Labute approximate surface area is 172 Å². The SMILES string of the molecule is C=CC(=CC(=C(C)Cl)C(O)(O)c1ccc(O)cc1)C1OC(CO)C(O)C(O)C1O. The van der Waals surface area contributed by atoms with Crippen molar-refractivity contribution in [3.8, 4) is 5.75 Å². The fourth-order valence-corrected chi connectivity index (χ4v) is 3.28. The number of phenolic OH excluding ortho intramolecular Hbond substituents is 1. The largest absolute Gasteiger partial charge is 0.508 e. The van der Waals surface area contributed by atoms with Gasteiger partial charge < -0.3 is 40.5 Å². The highest BCUT2D eigenvalue weighted by Gasteiger charge is 2.44. The maximum Gasteiger partial charge on any atom is 0.218 e. The minimum Gasteiger partial charge on any atom is -0.508 e. The van der Waals surface area contributed by atoms with E-state index in [1.165, 1.54) is 43.3 Å². The Morgan fingerprint density at radius 1 is 1.14 bits per heavy atom. The first-order chi connectivity index (χ1) is 13.5. The van der Waals surface area contributed by atoms with Gasteiger partial charge in [0.1, 0.15) is 36.3 Å². The summed E-state index contributed by atoms with van der Waals surface area (Å²) in [7, 11) is 0. The second-order valence-corrected chi connectivity index (χ2v) is 7.33. The summed E-state index contributed by atoms with van der Waals surface area (Å²) in [6, 6.07) is 5.13. The van der Waals surface area contributed by atoms with Crippen LogP contribution in [0.1, 0.15) is 12.5 Å². The van der Waals surface area contributed by atoms with Gasteiger partial charge >= 0.3 is 0 Å². The first-order valence-electron chi connectivity index (χ1n) is 8.80. The van der Waals surface area contributed by atoms with Crippen LogP contribution < -0.4 is 0 Å². The minimum absolute atomic E-state index is 0.00650. The van der Waals surface area contributed by atoms with Crippen LogP contribution in [0.25, 0.3) is 0 Å². The van der Waals surface area contributed by atoms with Crippen LogP contribution in [0, 0.1) is 0 Å². The molecule has 0 aromatic heterocycles. The highest BCUT2D eigenvalue weighted by atomic mass is 35.5. The molecule has 0 spiro atoms. The maximum atomic E-state index is 10.7. The van der Waals surface area contributed by atoms with Crippen LogP contribution in [-0.4, -0.2) is 72.9 Å². The van der Waals surface area contributed by atoms with Gasteiger partial charge in [0.2, 0.25) is 5.79 Å². The molecule has 29 heavy (non-hydrogen) atoms. The lowest BCUT2D eigenvalue weighted by atomic mass is 9.88. The third-order valence-corrected chi connectivity index (χ3v) is 4.99. The van der Waals surface area contributed by atoms with Crippen LogP contribution >= 0.6 is 11.6 Å². The third kappa shape index (κ3) is 4.88. The van der Waals surface area contributed by atoms with Gasteiger partial charge in [0.15, 0.2) is 0 Å². The molecule has 1 aromatic carbocycles. The van der Waals surface area contributed by atoms with E-state index in [2.05, 4.69) is 6.58 Å². The van der Waals surface area contributed by atoms with Crippen LogP contribution in [-0.2, 0) is 10.5 Å². The van der Waals surface area contributed by atoms with Gasteiger partial charge in [-0.1, -0.05) is 24.3 Å². The zero-order valence-electron chi connectivity index (χ0n) is 15.7. The number of hydrogen-bond acceptors (Lipinski definition) is 8. The zero-order chi connectivity index (χ0) is 21.9. The van der Waals surface area contributed by atoms with Gasteiger partial charge in [0.05, 0.1) is 6.61 Å². The molecule has 5 atom stereocenters. The second-order valence-electron chi connectivity index (χ2n) is 6.76. The normalized spacial score (nSPS) is 29.4. The van der Waals surface area contributed by atoms with Crippen LogP contribution in [0.4, 0.5) is 0 Å². The zero-order valence-corrected chi connectivity index (χ0v) is 16.4. The molecule has 2 rings (SSSR count). The van der Waals surface area contributed by atoms with E-state index < -0.39 is 42.9 Å². The first kappa shape index (κ1) is 23.5. The Balaban J connectivity index is 2.48. The van der Waals surface area contributed by atoms with Crippen molar-refractivity contribution in [2.45, 2.75) is 43.2 Å². The standard InChI is InChI=1S/C20H25ClO8/c1-3-11(19-18(26)17(25)16(24)15(9-22)29-19)8-14(10(2)21)20(27,28)12-4-6-13(23)7-5-12/h3-8,15-19,22-28H,1,9H2,2H3. The number of hydrogen-bond donors (Lipinski definition) is 7. The fraction of sp³-hybridized carbons (Fsp3) is 0.400. The van der Waals surface area contributed by atoms with Crippen LogP contribution in [0.3, 0.4) is 0 Å². The quantitative estimate of drug-likeness (QED) is 0.247. The van der Waals surface area contributed by atoms with Gasteiger partial charge in [0, 0.05) is 16.2 Å². The van der Waals surface area contributed by atoms with E-state index in [-0.39, 0.29) is 27.5 Å². The molecule has 7 N–H and O–H groups in total. The lowest BCUT2D eigenvalue weighted by molar-refractivity contribution is -0.218. The number of ether oxygens (including phenoxy) is 1. The van der Waals surface area contributed by atoms with Crippen molar-refractivity contribution >= 4 is 11.6 Å². The van der Waals surface area contributed by atoms with Crippen molar-refractivity contribution in [1.29, 1.82) is 0 Å². The van der Waals surface area contributed by atoms with Gasteiger partial charge in [-0.3, -0.25) is 0 Å². The predicted octanol–water partition coefficient (Wildman–Crippen LogP) is -0.00280. The molecule has 1 aliphatic heterocycles. The van der Waals surface area contributed by atoms with Gasteiger partial charge in [-0.15, -0.1) is 0 Å². The van der Waals surface area contributed by atoms with Gasteiger partial charge in [-0.2, -0.15) is 0 Å². The highest BCUT2D eigenvalue weighted by molar-refractivity contribution is 6.29. The molecule has 9 heteroatoms. The lowest BCUT2D eigenvalue weighted by Gasteiger charge is -2.40. The van der Waals surface area contributed by atoms with E-state index in [4.69, 9.17) is 16.3 Å². The van der Waals surface area contributed by atoms with E-state index in [0.717, 1.165) is 0 Å². The molecule has 0 saturated carbocycles. The Morgan fingerprint density at radius 2 is 1.72 bits per heavy atom. The molecular formula is C20H25ClO8. The molecular weight excluding hydrogens is 404 g/mol. The summed E-state index contributed by atoms with van der Waals surface area (Å²) in [4.78, 5) is 0. The molecule has 1 aromatic rings. The van der Waals surface area contributed by atoms with Crippen molar-refractivity contribution in [2.24, 2.45) is 0 Å². The van der Waals surface area contributed by atoms with E-state index in [0.29, 0.717) is 0 Å². The van der Waals surface area contributed by atoms with E-state index in [1.54, 1.807) is 0 Å². The summed E-state index contributed by atoms with van der Waals surface area (Å²) >= 11 is 6.09. The van der Waals surface area contributed by atoms with Crippen molar-refractivity contribution in [1.82, 2.24) is 0 Å². The first-order valence-corrected chi connectivity index (χ1v) is 9.18. The van der Waals surface area contributed by atoms with E-state index >= 15 is 0 Å². The Hall–Kier alpha value is -1.75. The smallest absolute Gasteiger partial charge is 0.218 e. The maximum absolute atomic E-state index is 10.7. The number of rotatable bonds is 6. The van der Waals surface area contributed by atoms with Gasteiger partial charge in [-0.25, -0.2) is 0 Å². The molecule has 1 fully saturated rings. The van der Waals surface area contributed by atoms with E-state index in [1.807, 2.05) is 0 Å². The molecule has 0 radical (unpaired) electrons. The number of aliphatic hydroxyl groups is 6. The van der Waals surface area contributed by atoms with Gasteiger partial charge in [0.25, 0.3) is 0 Å². The van der Waals surface area contributed by atoms with E-state index in [9.17, 15) is 35.7 Å². The summed E-state index contributed by atoms with van der Waals surface area (Å²) in [6.07, 6.45) is -4.60. The average molecular weight is 429 g/mol. The molecule has 1 aliphatic rings. The molecule has 1 saturated heterocycles.